The molecular formula is C21H20BrF2N5O3. The lowest BCUT2D eigenvalue weighted by Gasteiger charge is -2.31. The first kappa shape index (κ1) is 22.3. The smallest absolute Gasteiger partial charge is 0.195 e. The molecule has 0 spiro atoms. The van der Waals surface area contributed by atoms with E-state index in [1.807, 2.05) is 4.90 Å². The number of nitrogen functional groups attached to an aromatic ring is 1. The highest BCUT2D eigenvalue weighted by molar-refractivity contribution is 9.10. The van der Waals surface area contributed by atoms with Gasteiger partial charge in [-0.1, -0.05) is 5.18 Å². The third-order valence-corrected chi connectivity index (χ3v) is 6.28. The Hall–Kier alpha value is -2.89. The number of aromatic nitrogens is 1. The van der Waals surface area contributed by atoms with Crippen LogP contribution in [0.25, 0.3) is 16.6 Å². The summed E-state index contributed by atoms with van der Waals surface area (Å²) in [5.74, 6) is -1.30. The van der Waals surface area contributed by atoms with Crippen LogP contribution in [-0.2, 0) is 13.2 Å². The molecule has 1 aliphatic heterocycles. The van der Waals surface area contributed by atoms with E-state index in [1.165, 1.54) is 16.8 Å². The zero-order valence-corrected chi connectivity index (χ0v) is 18.5. The van der Waals surface area contributed by atoms with Crippen LogP contribution in [0.3, 0.4) is 0 Å². The van der Waals surface area contributed by atoms with Gasteiger partial charge >= 0.3 is 0 Å². The fraction of sp³-hybridized carbons (Fsp3) is 0.286. The van der Waals surface area contributed by atoms with E-state index in [1.54, 1.807) is 0 Å². The van der Waals surface area contributed by atoms with E-state index >= 15 is 4.39 Å². The van der Waals surface area contributed by atoms with Crippen LogP contribution in [0.1, 0.15) is 11.1 Å². The van der Waals surface area contributed by atoms with Gasteiger partial charge in [0.05, 0.1) is 39.0 Å². The van der Waals surface area contributed by atoms with E-state index in [9.17, 15) is 19.2 Å². The highest BCUT2D eigenvalue weighted by atomic mass is 79.9. The molecule has 2 aromatic carbocycles. The van der Waals surface area contributed by atoms with Crippen molar-refractivity contribution in [3.63, 3.8) is 0 Å². The molecule has 1 saturated heterocycles. The predicted octanol–water partition coefficient (Wildman–Crippen LogP) is 2.78. The lowest BCUT2D eigenvalue weighted by Crippen LogP contribution is -2.44. The number of anilines is 2. The number of piperazine rings is 1. The first-order valence-corrected chi connectivity index (χ1v) is 10.7. The minimum atomic E-state index is -0.716. The zero-order valence-electron chi connectivity index (χ0n) is 16.9. The Morgan fingerprint density at radius 3 is 2.53 bits per heavy atom. The van der Waals surface area contributed by atoms with E-state index in [-0.39, 0.29) is 34.4 Å². The third-order valence-electron chi connectivity index (χ3n) is 5.53. The molecule has 1 fully saturated rings. The van der Waals surface area contributed by atoms with Crippen LogP contribution in [0.2, 0.25) is 0 Å². The molecule has 1 aliphatic rings. The fourth-order valence-electron chi connectivity index (χ4n) is 3.98. The SMILES string of the molecule is Nc1cc(-n2cc(CO)c(=O)c3cc(F)c(N4CCNCC4)c(Br)c32)c(CN=O)cc1F. The molecule has 168 valence electrons. The Kier molecular flexibility index (Phi) is 6.22. The van der Waals surface area contributed by atoms with Gasteiger partial charge in [0.15, 0.2) is 5.43 Å². The second kappa shape index (κ2) is 8.93. The molecular weight excluding hydrogens is 488 g/mol. The molecule has 0 unspecified atom stereocenters. The van der Waals surface area contributed by atoms with Crippen LogP contribution < -0.4 is 21.4 Å². The molecule has 3 aromatic rings. The standard InChI is InChI=1S/C21H20BrF2N5O3/c22-18-19-13(6-15(24)20(18)28-3-1-26-2-4-28)21(31)12(10-30)9-29(19)17-7-16(25)14(23)5-11(17)8-27-32/h5-7,9,26,30H,1-4,8,10,25H2. The number of hydrogen-bond acceptors (Lipinski definition) is 7. The topological polar surface area (TPSA) is 113 Å². The Labute approximate surface area is 189 Å². The van der Waals surface area contributed by atoms with Crippen molar-refractivity contribution in [1.82, 2.24) is 9.88 Å². The number of benzene rings is 2. The summed E-state index contributed by atoms with van der Waals surface area (Å²) in [5, 5.41) is 15.8. The Morgan fingerprint density at radius 2 is 1.88 bits per heavy atom. The van der Waals surface area contributed by atoms with Gasteiger partial charge in [-0.15, -0.1) is 0 Å². The largest absolute Gasteiger partial charge is 0.396 e. The van der Waals surface area contributed by atoms with Crippen molar-refractivity contribution in [2.45, 2.75) is 13.2 Å². The van der Waals surface area contributed by atoms with Gasteiger partial charge in [-0.05, 0) is 34.1 Å². The number of aliphatic hydroxyl groups excluding tert-OH is 1. The maximum absolute atomic E-state index is 15.2. The first-order chi connectivity index (χ1) is 15.4. The van der Waals surface area contributed by atoms with Gasteiger partial charge in [0.2, 0.25) is 0 Å². The Balaban J connectivity index is 2.11. The van der Waals surface area contributed by atoms with Crippen molar-refractivity contribution in [2.24, 2.45) is 5.18 Å². The summed E-state index contributed by atoms with van der Waals surface area (Å²) in [6.45, 7) is 1.52. The third kappa shape index (κ3) is 3.76. The summed E-state index contributed by atoms with van der Waals surface area (Å²) in [6.07, 6.45) is 1.38. The minimum Gasteiger partial charge on any atom is -0.396 e. The zero-order chi connectivity index (χ0) is 23.0. The van der Waals surface area contributed by atoms with E-state index in [2.05, 4.69) is 26.4 Å². The summed E-state index contributed by atoms with van der Waals surface area (Å²) in [5.41, 5.74) is 6.19. The van der Waals surface area contributed by atoms with Gasteiger partial charge in [0.1, 0.15) is 18.2 Å². The van der Waals surface area contributed by atoms with Crippen LogP contribution in [0, 0.1) is 16.5 Å². The van der Waals surface area contributed by atoms with Gasteiger partial charge in [-0.25, -0.2) is 8.78 Å². The maximum atomic E-state index is 15.2. The molecule has 0 radical (unpaired) electrons. The normalized spacial score (nSPS) is 14.2. The monoisotopic (exact) mass is 507 g/mol. The minimum absolute atomic E-state index is 0.00614. The number of pyridine rings is 1. The van der Waals surface area contributed by atoms with Crippen molar-refractivity contribution in [2.75, 3.05) is 36.8 Å². The summed E-state index contributed by atoms with van der Waals surface area (Å²) in [4.78, 5) is 25.8. The lowest BCUT2D eigenvalue weighted by molar-refractivity contribution is 0.280. The quantitative estimate of drug-likeness (QED) is 0.361. The number of nitroso groups, excluding NO2 is 1. The maximum Gasteiger partial charge on any atom is 0.195 e. The van der Waals surface area contributed by atoms with E-state index in [0.29, 0.717) is 41.9 Å². The second-order valence-corrected chi connectivity index (χ2v) is 8.25. The average molecular weight is 508 g/mol. The van der Waals surface area contributed by atoms with E-state index in [0.717, 1.165) is 12.1 Å². The van der Waals surface area contributed by atoms with E-state index in [4.69, 9.17) is 5.73 Å². The van der Waals surface area contributed by atoms with Crippen molar-refractivity contribution >= 4 is 38.2 Å². The average Bonchev–Trinajstić information content (AvgIpc) is 2.78. The van der Waals surface area contributed by atoms with Gasteiger partial charge in [-0.2, -0.15) is 4.91 Å². The highest BCUT2D eigenvalue weighted by Gasteiger charge is 2.24. The second-order valence-electron chi connectivity index (χ2n) is 7.46. The molecule has 0 saturated carbocycles. The van der Waals surface area contributed by atoms with Crippen molar-refractivity contribution < 1.29 is 13.9 Å². The molecule has 0 amide bonds. The molecule has 4 rings (SSSR count). The number of aliphatic hydroxyl groups is 1. The predicted molar refractivity (Wildman–Crippen MR) is 122 cm³/mol. The summed E-state index contributed by atoms with van der Waals surface area (Å²) in [6, 6.07) is 3.56. The molecule has 2 heterocycles. The van der Waals surface area contributed by atoms with Crippen molar-refractivity contribution in [3.8, 4) is 5.69 Å². The van der Waals surface area contributed by atoms with Gasteiger partial charge in [0, 0.05) is 43.5 Å². The molecule has 4 N–H and O–H groups in total. The van der Waals surface area contributed by atoms with Crippen LogP contribution in [0.15, 0.2) is 38.8 Å². The molecule has 11 heteroatoms. The van der Waals surface area contributed by atoms with Crippen molar-refractivity contribution in [1.29, 1.82) is 0 Å². The summed E-state index contributed by atoms with van der Waals surface area (Å²) < 4.78 is 31.2. The van der Waals surface area contributed by atoms with E-state index < -0.39 is 23.7 Å². The number of hydrogen-bond donors (Lipinski definition) is 3. The first-order valence-electron chi connectivity index (χ1n) is 9.87. The Morgan fingerprint density at radius 1 is 1.16 bits per heavy atom. The molecule has 0 atom stereocenters. The number of rotatable bonds is 5. The molecule has 8 nitrogen and oxygen atoms in total. The van der Waals surface area contributed by atoms with Crippen LogP contribution in [-0.4, -0.2) is 35.9 Å². The van der Waals surface area contributed by atoms with Crippen LogP contribution in [0.5, 0.6) is 0 Å². The lowest BCUT2D eigenvalue weighted by atomic mass is 10.1. The Bertz CT molecular complexity index is 1270. The number of fused-ring (bicyclic) bond motifs is 1. The van der Waals surface area contributed by atoms with Crippen LogP contribution >= 0.6 is 15.9 Å². The fourth-order valence-corrected chi connectivity index (χ4v) is 4.82. The summed E-state index contributed by atoms with van der Waals surface area (Å²) in [7, 11) is 0. The number of nitrogens with zero attached hydrogens (tertiary/aromatic N) is 3. The molecule has 1 aromatic heterocycles. The number of halogens is 3. The molecule has 0 aliphatic carbocycles. The molecule has 0 bridgehead atoms. The number of nitrogens with two attached hydrogens (primary N) is 1. The van der Waals surface area contributed by atoms with Crippen LogP contribution in [0.4, 0.5) is 20.2 Å². The van der Waals surface area contributed by atoms with Gasteiger partial charge < -0.3 is 25.6 Å². The van der Waals surface area contributed by atoms with Crippen molar-refractivity contribution in [3.05, 3.63) is 66.8 Å². The number of nitrogens with one attached hydrogen (secondary N) is 1. The molecule has 32 heavy (non-hydrogen) atoms. The summed E-state index contributed by atoms with van der Waals surface area (Å²) >= 11 is 3.48. The highest BCUT2D eigenvalue weighted by Crippen LogP contribution is 2.38. The van der Waals surface area contributed by atoms with Gasteiger partial charge in [0.25, 0.3) is 0 Å². The van der Waals surface area contributed by atoms with Gasteiger partial charge in [-0.3, -0.25) is 4.79 Å².